The molecule has 0 radical (unpaired) electrons. The molecule has 0 bridgehead atoms. The second-order valence-corrected chi connectivity index (χ2v) is 4.16. The summed E-state index contributed by atoms with van der Waals surface area (Å²) >= 11 is 0. The Morgan fingerprint density at radius 3 is 2.76 bits per heavy atom. The van der Waals surface area contributed by atoms with E-state index in [1.807, 2.05) is 39.0 Å². The van der Waals surface area contributed by atoms with Crippen LogP contribution >= 0.6 is 0 Å². The Labute approximate surface area is 103 Å². The van der Waals surface area contributed by atoms with Gasteiger partial charge in [0.25, 0.3) is 0 Å². The van der Waals surface area contributed by atoms with Crippen molar-refractivity contribution in [3.63, 3.8) is 0 Å². The Morgan fingerprint density at radius 2 is 2.18 bits per heavy atom. The number of nitrogens with zero attached hydrogens (tertiary/aromatic N) is 1. The van der Waals surface area contributed by atoms with Crippen LogP contribution in [0, 0.1) is 0 Å². The molecular weight excluding hydrogens is 214 g/mol. The van der Waals surface area contributed by atoms with E-state index in [1.165, 1.54) is 0 Å². The van der Waals surface area contributed by atoms with Gasteiger partial charge in [0.1, 0.15) is 0 Å². The number of carbonyl (C=O) groups is 1. The minimum Gasteiger partial charge on any atom is -0.355 e. The number of amides is 1. The van der Waals surface area contributed by atoms with E-state index >= 15 is 0 Å². The quantitative estimate of drug-likeness (QED) is 0.788. The Balaban J connectivity index is 2.45. The van der Waals surface area contributed by atoms with Crippen LogP contribution in [0.15, 0.2) is 24.4 Å². The maximum absolute atomic E-state index is 11.7. The first-order valence-corrected chi connectivity index (χ1v) is 6.09. The summed E-state index contributed by atoms with van der Waals surface area (Å²) in [5, 5.41) is 6.10. The highest BCUT2D eigenvalue weighted by molar-refractivity contribution is 5.81. The Bertz CT molecular complexity index is 340. The smallest absolute Gasteiger partial charge is 0.236 e. The van der Waals surface area contributed by atoms with Gasteiger partial charge >= 0.3 is 0 Å². The van der Waals surface area contributed by atoms with Crippen molar-refractivity contribution in [2.75, 3.05) is 6.54 Å². The van der Waals surface area contributed by atoms with Crippen molar-refractivity contribution in [1.82, 2.24) is 15.6 Å². The standard InChI is InChI=1S/C13H21N3O/c1-4-8-15-13(17)11(3)16-10(2)12-7-5-6-9-14-12/h5-7,9-11,16H,4,8H2,1-3H3,(H,15,17). The zero-order valence-electron chi connectivity index (χ0n) is 10.7. The monoisotopic (exact) mass is 235 g/mol. The first kappa shape index (κ1) is 13.6. The number of carbonyl (C=O) groups excluding carboxylic acids is 1. The van der Waals surface area contributed by atoms with Gasteiger partial charge < -0.3 is 5.32 Å². The van der Waals surface area contributed by atoms with E-state index in [0.29, 0.717) is 0 Å². The van der Waals surface area contributed by atoms with Crippen LogP contribution in [-0.2, 0) is 4.79 Å². The molecule has 4 nitrogen and oxygen atoms in total. The van der Waals surface area contributed by atoms with Crippen molar-refractivity contribution in [3.8, 4) is 0 Å². The third kappa shape index (κ3) is 4.53. The zero-order valence-corrected chi connectivity index (χ0v) is 10.7. The summed E-state index contributed by atoms with van der Waals surface area (Å²) in [6.07, 6.45) is 2.71. The maximum Gasteiger partial charge on any atom is 0.236 e. The van der Waals surface area contributed by atoms with Gasteiger partial charge in [0.05, 0.1) is 11.7 Å². The minimum absolute atomic E-state index is 0.0367. The minimum atomic E-state index is -0.210. The third-order valence-corrected chi connectivity index (χ3v) is 2.57. The van der Waals surface area contributed by atoms with Crippen molar-refractivity contribution in [3.05, 3.63) is 30.1 Å². The molecular formula is C13H21N3O. The van der Waals surface area contributed by atoms with Gasteiger partial charge in [-0.1, -0.05) is 13.0 Å². The van der Waals surface area contributed by atoms with Gasteiger partial charge in [-0.25, -0.2) is 0 Å². The SMILES string of the molecule is CCCNC(=O)C(C)NC(C)c1ccccn1. The lowest BCUT2D eigenvalue weighted by Gasteiger charge is -2.19. The van der Waals surface area contributed by atoms with Crippen LogP contribution in [0.5, 0.6) is 0 Å². The van der Waals surface area contributed by atoms with Crippen LogP contribution in [0.4, 0.5) is 0 Å². The predicted octanol–water partition coefficient (Wildman–Crippen LogP) is 1.65. The molecule has 0 aliphatic carbocycles. The number of rotatable bonds is 6. The fourth-order valence-electron chi connectivity index (χ4n) is 1.57. The normalized spacial score (nSPS) is 14.1. The van der Waals surface area contributed by atoms with E-state index < -0.39 is 0 Å². The average molecular weight is 235 g/mol. The van der Waals surface area contributed by atoms with Crippen molar-refractivity contribution in [1.29, 1.82) is 0 Å². The zero-order chi connectivity index (χ0) is 12.7. The van der Waals surface area contributed by atoms with E-state index in [1.54, 1.807) is 6.20 Å². The maximum atomic E-state index is 11.7. The van der Waals surface area contributed by atoms with Crippen molar-refractivity contribution in [2.24, 2.45) is 0 Å². The van der Waals surface area contributed by atoms with Gasteiger partial charge in [0, 0.05) is 18.8 Å². The second kappa shape index (κ2) is 7.01. The van der Waals surface area contributed by atoms with Crippen LogP contribution in [0.2, 0.25) is 0 Å². The molecule has 0 fully saturated rings. The molecule has 1 rings (SSSR count). The highest BCUT2D eigenvalue weighted by atomic mass is 16.2. The van der Waals surface area contributed by atoms with Crippen molar-refractivity contribution >= 4 is 5.91 Å². The van der Waals surface area contributed by atoms with Gasteiger partial charge in [-0.2, -0.15) is 0 Å². The molecule has 1 aromatic rings. The van der Waals surface area contributed by atoms with Crippen molar-refractivity contribution < 1.29 is 4.79 Å². The lowest BCUT2D eigenvalue weighted by Crippen LogP contribution is -2.43. The van der Waals surface area contributed by atoms with Gasteiger partial charge in [-0.3, -0.25) is 15.1 Å². The Hall–Kier alpha value is -1.42. The number of hydrogen-bond donors (Lipinski definition) is 2. The van der Waals surface area contributed by atoms with Crippen LogP contribution in [0.1, 0.15) is 38.9 Å². The van der Waals surface area contributed by atoms with Crippen LogP contribution in [0.25, 0.3) is 0 Å². The Kier molecular flexibility index (Phi) is 5.63. The number of hydrogen-bond acceptors (Lipinski definition) is 3. The summed E-state index contributed by atoms with van der Waals surface area (Å²) in [6, 6.07) is 5.64. The van der Waals surface area contributed by atoms with Gasteiger partial charge in [0.15, 0.2) is 0 Å². The molecule has 0 aliphatic rings. The Morgan fingerprint density at radius 1 is 1.41 bits per heavy atom. The first-order chi connectivity index (χ1) is 8.15. The molecule has 1 amide bonds. The van der Waals surface area contributed by atoms with Gasteiger partial charge in [-0.05, 0) is 32.4 Å². The van der Waals surface area contributed by atoms with E-state index in [-0.39, 0.29) is 18.0 Å². The molecule has 1 heterocycles. The number of pyridine rings is 1. The van der Waals surface area contributed by atoms with E-state index in [2.05, 4.69) is 15.6 Å². The molecule has 0 saturated carbocycles. The number of aromatic nitrogens is 1. The molecule has 0 spiro atoms. The lowest BCUT2D eigenvalue weighted by atomic mass is 10.2. The van der Waals surface area contributed by atoms with Crippen molar-refractivity contribution in [2.45, 2.75) is 39.3 Å². The number of nitrogens with one attached hydrogen (secondary N) is 2. The first-order valence-electron chi connectivity index (χ1n) is 6.09. The summed E-state index contributed by atoms with van der Waals surface area (Å²) < 4.78 is 0. The molecule has 2 N–H and O–H groups in total. The highest BCUT2D eigenvalue weighted by Crippen LogP contribution is 2.08. The van der Waals surface area contributed by atoms with Crippen LogP contribution in [-0.4, -0.2) is 23.5 Å². The predicted molar refractivity (Wildman–Crippen MR) is 68.6 cm³/mol. The molecule has 17 heavy (non-hydrogen) atoms. The molecule has 2 atom stereocenters. The second-order valence-electron chi connectivity index (χ2n) is 4.16. The average Bonchev–Trinajstić information content (AvgIpc) is 2.36. The topological polar surface area (TPSA) is 54.0 Å². The van der Waals surface area contributed by atoms with Gasteiger partial charge in [0.2, 0.25) is 5.91 Å². The van der Waals surface area contributed by atoms with Gasteiger partial charge in [-0.15, -0.1) is 0 Å². The summed E-state index contributed by atoms with van der Waals surface area (Å²) in [4.78, 5) is 15.9. The van der Waals surface area contributed by atoms with E-state index in [0.717, 1.165) is 18.7 Å². The van der Waals surface area contributed by atoms with E-state index in [4.69, 9.17) is 0 Å². The summed E-state index contributed by atoms with van der Waals surface area (Å²) in [5.41, 5.74) is 0.947. The lowest BCUT2D eigenvalue weighted by molar-refractivity contribution is -0.122. The fraction of sp³-hybridized carbons (Fsp3) is 0.538. The third-order valence-electron chi connectivity index (χ3n) is 2.57. The highest BCUT2D eigenvalue weighted by Gasteiger charge is 2.15. The largest absolute Gasteiger partial charge is 0.355 e. The molecule has 1 aromatic heterocycles. The molecule has 0 saturated heterocycles. The van der Waals surface area contributed by atoms with Crippen LogP contribution < -0.4 is 10.6 Å². The van der Waals surface area contributed by atoms with Crippen LogP contribution in [0.3, 0.4) is 0 Å². The molecule has 94 valence electrons. The summed E-state index contributed by atoms with van der Waals surface area (Å²) in [7, 11) is 0. The molecule has 2 unspecified atom stereocenters. The van der Waals surface area contributed by atoms with E-state index in [9.17, 15) is 4.79 Å². The fourth-order valence-corrected chi connectivity index (χ4v) is 1.57. The molecule has 0 aromatic carbocycles. The molecule has 4 heteroatoms. The molecule has 0 aliphatic heterocycles. The summed E-state index contributed by atoms with van der Waals surface area (Å²) in [5.74, 6) is 0.0367. The summed E-state index contributed by atoms with van der Waals surface area (Å²) in [6.45, 7) is 6.63.